The van der Waals surface area contributed by atoms with Gasteiger partial charge in [0.1, 0.15) is 11.3 Å². The van der Waals surface area contributed by atoms with E-state index in [2.05, 4.69) is 15.0 Å². The lowest BCUT2D eigenvalue weighted by atomic mass is 9.92. The molecule has 0 bridgehead atoms. The van der Waals surface area contributed by atoms with Gasteiger partial charge < -0.3 is 9.32 Å². The minimum Gasteiger partial charge on any atom is -0.440 e. The predicted molar refractivity (Wildman–Crippen MR) is 119 cm³/mol. The number of benzene rings is 2. The van der Waals surface area contributed by atoms with Gasteiger partial charge in [-0.3, -0.25) is 4.79 Å². The fourth-order valence-corrected chi connectivity index (χ4v) is 4.37. The van der Waals surface area contributed by atoms with Crippen molar-refractivity contribution in [2.45, 2.75) is 37.9 Å². The maximum Gasteiger partial charge on any atom is 0.416 e. The molecule has 1 amide bonds. The second-order valence-electron chi connectivity index (χ2n) is 8.58. The summed E-state index contributed by atoms with van der Waals surface area (Å²) in [4.78, 5) is 27.9. The number of halogens is 4. The van der Waals surface area contributed by atoms with Crippen molar-refractivity contribution >= 4 is 17.0 Å². The summed E-state index contributed by atoms with van der Waals surface area (Å²) in [6, 6.07) is 8.55. The van der Waals surface area contributed by atoms with Crippen molar-refractivity contribution in [2.24, 2.45) is 0 Å². The fraction of sp³-hybridized carbons (Fsp3) is 0.280. The molecule has 0 radical (unpaired) electrons. The van der Waals surface area contributed by atoms with E-state index in [0.29, 0.717) is 24.2 Å². The lowest BCUT2D eigenvalue weighted by Crippen LogP contribution is -2.45. The minimum atomic E-state index is -4.48. The van der Waals surface area contributed by atoms with E-state index in [1.165, 1.54) is 36.7 Å². The van der Waals surface area contributed by atoms with Crippen molar-refractivity contribution in [3.63, 3.8) is 0 Å². The SMILES string of the molecule is C[C@@H]1CC[C@@H](c2nc3cc(C(F)(F)F)ccc3o2)CN1C(=O)c1cc(F)ccc1-c1ncccn1. The molecule has 6 nitrogen and oxygen atoms in total. The number of carbonyl (C=O) groups is 1. The maximum absolute atomic E-state index is 14.1. The lowest BCUT2D eigenvalue weighted by Gasteiger charge is -2.37. The summed E-state index contributed by atoms with van der Waals surface area (Å²) >= 11 is 0. The van der Waals surface area contributed by atoms with Crippen molar-refractivity contribution in [1.29, 1.82) is 0 Å². The zero-order chi connectivity index (χ0) is 24.7. The van der Waals surface area contributed by atoms with E-state index in [1.807, 2.05) is 6.92 Å². The summed E-state index contributed by atoms with van der Waals surface area (Å²) in [6.07, 6.45) is -0.146. The normalized spacial score (nSPS) is 18.7. The van der Waals surface area contributed by atoms with Crippen LogP contribution in [0.2, 0.25) is 0 Å². The quantitative estimate of drug-likeness (QED) is 0.341. The highest BCUT2D eigenvalue weighted by Crippen LogP contribution is 2.35. The van der Waals surface area contributed by atoms with E-state index in [0.717, 1.165) is 12.1 Å². The first kappa shape index (κ1) is 22.9. The Morgan fingerprint density at radius 1 is 1.09 bits per heavy atom. The average Bonchev–Trinajstić information content (AvgIpc) is 3.27. The number of nitrogens with zero attached hydrogens (tertiary/aromatic N) is 4. The number of amides is 1. The molecule has 0 unspecified atom stereocenters. The smallest absolute Gasteiger partial charge is 0.416 e. The second-order valence-corrected chi connectivity index (χ2v) is 8.58. The fourth-order valence-electron chi connectivity index (χ4n) is 4.37. The number of carbonyl (C=O) groups excluding carboxylic acids is 1. The van der Waals surface area contributed by atoms with Crippen LogP contribution >= 0.6 is 0 Å². The summed E-state index contributed by atoms with van der Waals surface area (Å²) in [6.45, 7) is 2.12. The number of oxazole rings is 1. The summed E-state index contributed by atoms with van der Waals surface area (Å²) < 4.78 is 59.1. The molecule has 2 aromatic heterocycles. The lowest BCUT2D eigenvalue weighted by molar-refractivity contribution is -0.137. The third-order valence-electron chi connectivity index (χ3n) is 6.24. The Kier molecular flexibility index (Phi) is 5.74. The van der Waals surface area contributed by atoms with Gasteiger partial charge in [0.05, 0.1) is 17.0 Å². The van der Waals surface area contributed by atoms with Gasteiger partial charge in [-0.25, -0.2) is 19.3 Å². The number of fused-ring (bicyclic) bond motifs is 1. The third kappa shape index (κ3) is 4.48. The van der Waals surface area contributed by atoms with Crippen LogP contribution in [0, 0.1) is 5.82 Å². The maximum atomic E-state index is 14.1. The Hall–Kier alpha value is -3.82. The van der Waals surface area contributed by atoms with Crippen LogP contribution in [-0.4, -0.2) is 38.3 Å². The van der Waals surface area contributed by atoms with Crippen molar-refractivity contribution in [2.75, 3.05) is 6.54 Å². The molecule has 3 heterocycles. The number of rotatable bonds is 3. The number of aromatic nitrogens is 3. The first-order chi connectivity index (χ1) is 16.7. The molecule has 4 aromatic rings. The Morgan fingerprint density at radius 3 is 2.60 bits per heavy atom. The van der Waals surface area contributed by atoms with E-state index >= 15 is 0 Å². The number of alkyl halides is 3. The molecule has 0 aliphatic carbocycles. The third-order valence-corrected chi connectivity index (χ3v) is 6.24. The number of piperidine rings is 1. The Morgan fingerprint density at radius 2 is 1.86 bits per heavy atom. The number of hydrogen-bond donors (Lipinski definition) is 0. The Balaban J connectivity index is 1.45. The van der Waals surface area contributed by atoms with Crippen LogP contribution in [0.3, 0.4) is 0 Å². The Bertz CT molecular complexity index is 1390. The molecule has 0 spiro atoms. The average molecular weight is 484 g/mol. The molecule has 2 atom stereocenters. The van der Waals surface area contributed by atoms with Crippen molar-refractivity contribution < 1.29 is 26.8 Å². The van der Waals surface area contributed by atoms with Gasteiger partial charge in [-0.05, 0) is 62.2 Å². The first-order valence-electron chi connectivity index (χ1n) is 11.1. The van der Waals surface area contributed by atoms with Crippen molar-refractivity contribution in [3.8, 4) is 11.4 Å². The molecule has 35 heavy (non-hydrogen) atoms. The van der Waals surface area contributed by atoms with E-state index in [-0.39, 0.29) is 47.0 Å². The van der Waals surface area contributed by atoms with Gasteiger partial charge >= 0.3 is 6.18 Å². The molecule has 1 aliphatic heterocycles. The summed E-state index contributed by atoms with van der Waals surface area (Å²) in [7, 11) is 0. The molecular formula is C25H20F4N4O2. The van der Waals surface area contributed by atoms with Crippen molar-refractivity contribution in [1.82, 2.24) is 19.9 Å². The van der Waals surface area contributed by atoms with Crippen LogP contribution in [0.1, 0.15) is 47.5 Å². The summed E-state index contributed by atoms with van der Waals surface area (Å²) in [5, 5.41) is 0. The highest BCUT2D eigenvalue weighted by molar-refractivity contribution is 6.00. The molecule has 0 saturated carbocycles. The Labute approximate surface area is 197 Å². The van der Waals surface area contributed by atoms with Gasteiger partial charge in [0.25, 0.3) is 5.91 Å². The molecule has 0 N–H and O–H groups in total. The zero-order valence-electron chi connectivity index (χ0n) is 18.6. The zero-order valence-corrected chi connectivity index (χ0v) is 18.6. The summed E-state index contributed by atoms with van der Waals surface area (Å²) in [5.41, 5.74) is 0.0998. The number of likely N-dealkylation sites (tertiary alicyclic amines) is 1. The van der Waals surface area contributed by atoms with Gasteiger partial charge in [0.2, 0.25) is 0 Å². The van der Waals surface area contributed by atoms with Crippen LogP contribution in [0.15, 0.2) is 59.3 Å². The van der Waals surface area contributed by atoms with Gasteiger partial charge in [-0.2, -0.15) is 13.2 Å². The highest BCUT2D eigenvalue weighted by Gasteiger charge is 2.35. The standard InChI is InChI=1S/C25H20F4N4O2/c1-14-3-4-15(23-32-20-11-16(25(27,28)29)5-8-21(20)35-23)13-33(14)24(34)19-12-17(26)6-7-18(19)22-30-9-2-10-31-22/h2,5-12,14-15H,3-4,13H2,1H3/t14-,15-/m1/s1. The van der Waals surface area contributed by atoms with Gasteiger partial charge in [-0.15, -0.1) is 0 Å². The first-order valence-corrected chi connectivity index (χ1v) is 11.1. The van der Waals surface area contributed by atoms with Crippen molar-refractivity contribution in [3.05, 3.63) is 77.7 Å². The molecule has 1 saturated heterocycles. The van der Waals surface area contributed by atoms with E-state index in [9.17, 15) is 22.4 Å². The molecule has 10 heteroatoms. The largest absolute Gasteiger partial charge is 0.440 e. The van der Waals surface area contributed by atoms with Gasteiger partial charge in [0, 0.05) is 30.5 Å². The van der Waals surface area contributed by atoms with Crippen LogP contribution in [-0.2, 0) is 6.18 Å². The minimum absolute atomic E-state index is 0.111. The van der Waals surface area contributed by atoms with E-state index in [1.54, 1.807) is 11.0 Å². The van der Waals surface area contributed by atoms with Crippen LogP contribution in [0.5, 0.6) is 0 Å². The molecular weight excluding hydrogens is 464 g/mol. The van der Waals surface area contributed by atoms with E-state index < -0.39 is 17.6 Å². The topological polar surface area (TPSA) is 72.1 Å². The van der Waals surface area contributed by atoms with Gasteiger partial charge in [0.15, 0.2) is 17.3 Å². The second kappa shape index (κ2) is 8.75. The van der Waals surface area contributed by atoms with Crippen LogP contribution < -0.4 is 0 Å². The van der Waals surface area contributed by atoms with Crippen LogP contribution in [0.25, 0.3) is 22.5 Å². The van der Waals surface area contributed by atoms with E-state index in [4.69, 9.17) is 4.42 Å². The molecule has 1 fully saturated rings. The number of hydrogen-bond acceptors (Lipinski definition) is 5. The monoisotopic (exact) mass is 484 g/mol. The molecule has 2 aromatic carbocycles. The predicted octanol–water partition coefficient (Wildman–Crippen LogP) is 5.85. The molecule has 180 valence electrons. The highest BCUT2D eigenvalue weighted by atomic mass is 19.4. The molecule has 5 rings (SSSR count). The summed E-state index contributed by atoms with van der Waals surface area (Å²) in [5.74, 6) is -0.693. The van der Waals surface area contributed by atoms with Crippen LogP contribution in [0.4, 0.5) is 17.6 Å². The van der Waals surface area contributed by atoms with Gasteiger partial charge in [-0.1, -0.05) is 0 Å². The molecule has 1 aliphatic rings.